The molecule has 1 aliphatic rings. The highest BCUT2D eigenvalue weighted by Crippen LogP contribution is 2.17. The third kappa shape index (κ3) is 7.21. The van der Waals surface area contributed by atoms with E-state index in [9.17, 15) is 4.79 Å². The van der Waals surface area contributed by atoms with E-state index >= 15 is 0 Å². The highest BCUT2D eigenvalue weighted by atomic mass is 16.6. The summed E-state index contributed by atoms with van der Waals surface area (Å²) >= 11 is 0. The molecule has 0 aromatic heterocycles. The number of amides is 1. The molecular formula is C13H25NO3. The summed E-state index contributed by atoms with van der Waals surface area (Å²) in [5.74, 6) is 0. The van der Waals surface area contributed by atoms with Crippen molar-refractivity contribution in [2.24, 2.45) is 0 Å². The van der Waals surface area contributed by atoms with Gasteiger partial charge in [0, 0.05) is 6.04 Å². The maximum absolute atomic E-state index is 11.4. The molecule has 1 saturated carbocycles. The molecular weight excluding hydrogens is 218 g/mol. The summed E-state index contributed by atoms with van der Waals surface area (Å²) in [5.41, 5.74) is -0.177. The Hall–Kier alpha value is -0.770. The van der Waals surface area contributed by atoms with Crippen molar-refractivity contribution in [3.05, 3.63) is 0 Å². The topological polar surface area (TPSA) is 47.6 Å². The van der Waals surface area contributed by atoms with Crippen LogP contribution in [-0.4, -0.2) is 30.9 Å². The summed E-state index contributed by atoms with van der Waals surface area (Å²) in [5, 5.41) is 2.90. The number of hydrogen-bond acceptors (Lipinski definition) is 3. The molecule has 17 heavy (non-hydrogen) atoms. The van der Waals surface area contributed by atoms with E-state index in [-0.39, 0.29) is 11.7 Å². The molecule has 1 N–H and O–H groups in total. The maximum Gasteiger partial charge on any atom is 0.407 e. The monoisotopic (exact) mass is 243 g/mol. The van der Waals surface area contributed by atoms with E-state index < -0.39 is 0 Å². The summed E-state index contributed by atoms with van der Waals surface area (Å²) in [6.07, 6.45) is 5.54. The van der Waals surface area contributed by atoms with Gasteiger partial charge < -0.3 is 14.8 Å². The molecule has 4 heteroatoms. The Labute approximate surface area is 104 Å². The van der Waals surface area contributed by atoms with Gasteiger partial charge in [-0.15, -0.1) is 0 Å². The summed E-state index contributed by atoms with van der Waals surface area (Å²) < 4.78 is 10.5. The van der Waals surface area contributed by atoms with Crippen LogP contribution in [0.3, 0.4) is 0 Å². The van der Waals surface area contributed by atoms with Crippen LogP contribution in [-0.2, 0) is 9.47 Å². The van der Waals surface area contributed by atoms with Crippen LogP contribution < -0.4 is 5.32 Å². The first kappa shape index (κ1) is 14.3. The van der Waals surface area contributed by atoms with Gasteiger partial charge in [0.05, 0.1) is 12.2 Å². The van der Waals surface area contributed by atoms with Crippen LogP contribution in [0.2, 0.25) is 0 Å². The highest BCUT2D eigenvalue weighted by Gasteiger charge is 2.16. The Kier molecular flexibility index (Phi) is 5.75. The summed E-state index contributed by atoms with van der Waals surface area (Å²) in [4.78, 5) is 11.4. The van der Waals surface area contributed by atoms with Crippen LogP contribution in [0.5, 0.6) is 0 Å². The molecule has 0 heterocycles. The van der Waals surface area contributed by atoms with Crippen LogP contribution in [0.1, 0.15) is 52.9 Å². The molecule has 0 unspecified atom stereocenters. The molecule has 4 nitrogen and oxygen atoms in total. The normalized spacial score (nSPS) is 17.8. The van der Waals surface area contributed by atoms with Gasteiger partial charge in [-0.05, 0) is 33.6 Å². The van der Waals surface area contributed by atoms with E-state index in [0.29, 0.717) is 19.3 Å². The van der Waals surface area contributed by atoms with Crippen LogP contribution in [0, 0.1) is 0 Å². The predicted octanol–water partition coefficient (Wildman–Crippen LogP) is 2.86. The van der Waals surface area contributed by atoms with Crippen molar-refractivity contribution in [1.82, 2.24) is 5.32 Å². The lowest BCUT2D eigenvalue weighted by atomic mass is 9.96. The second-order valence-electron chi connectivity index (χ2n) is 5.58. The Bertz CT molecular complexity index is 229. The fraction of sp³-hybridized carbons (Fsp3) is 0.923. The lowest BCUT2D eigenvalue weighted by molar-refractivity contribution is -0.0233. The fourth-order valence-electron chi connectivity index (χ4n) is 1.94. The molecule has 100 valence electrons. The molecule has 0 aliphatic heterocycles. The van der Waals surface area contributed by atoms with Crippen LogP contribution >= 0.6 is 0 Å². The van der Waals surface area contributed by atoms with Crippen LogP contribution in [0.25, 0.3) is 0 Å². The molecule has 0 radical (unpaired) electrons. The number of carbonyl (C=O) groups is 1. The van der Waals surface area contributed by atoms with Gasteiger partial charge in [-0.25, -0.2) is 4.79 Å². The van der Waals surface area contributed by atoms with Crippen LogP contribution in [0.4, 0.5) is 4.79 Å². The Morgan fingerprint density at radius 2 is 1.82 bits per heavy atom. The first-order valence-corrected chi connectivity index (χ1v) is 6.54. The van der Waals surface area contributed by atoms with Gasteiger partial charge in [-0.3, -0.25) is 0 Å². The van der Waals surface area contributed by atoms with E-state index in [1.807, 2.05) is 20.8 Å². The van der Waals surface area contributed by atoms with E-state index in [1.54, 1.807) is 0 Å². The average Bonchev–Trinajstić information content (AvgIpc) is 2.25. The molecule has 0 bridgehead atoms. The first-order chi connectivity index (χ1) is 7.97. The van der Waals surface area contributed by atoms with Crippen molar-refractivity contribution in [1.29, 1.82) is 0 Å². The minimum Gasteiger partial charge on any atom is -0.447 e. The predicted molar refractivity (Wildman–Crippen MR) is 67.1 cm³/mol. The maximum atomic E-state index is 11.4. The number of ether oxygens (including phenoxy) is 2. The van der Waals surface area contributed by atoms with Crippen molar-refractivity contribution in [2.45, 2.75) is 64.5 Å². The molecule has 1 aliphatic carbocycles. The Morgan fingerprint density at radius 3 is 2.41 bits per heavy atom. The molecule has 0 aromatic carbocycles. The molecule has 0 atom stereocenters. The lowest BCUT2D eigenvalue weighted by Gasteiger charge is -2.23. The second-order valence-corrected chi connectivity index (χ2v) is 5.58. The third-order valence-electron chi connectivity index (χ3n) is 2.78. The van der Waals surface area contributed by atoms with E-state index in [0.717, 1.165) is 12.8 Å². The minimum atomic E-state index is -0.311. The van der Waals surface area contributed by atoms with Crippen molar-refractivity contribution in [3.8, 4) is 0 Å². The smallest absolute Gasteiger partial charge is 0.407 e. The standard InChI is InChI=1S/C13H25NO3/c1-13(2,3)17-10-9-16-12(15)14-11-7-5-4-6-8-11/h11H,4-10H2,1-3H3,(H,14,15). The zero-order valence-corrected chi connectivity index (χ0v) is 11.3. The number of hydrogen-bond donors (Lipinski definition) is 1. The summed E-state index contributed by atoms with van der Waals surface area (Å²) in [6, 6.07) is 0.305. The van der Waals surface area contributed by atoms with Crippen molar-refractivity contribution in [2.75, 3.05) is 13.2 Å². The van der Waals surface area contributed by atoms with Gasteiger partial charge in [0.2, 0.25) is 0 Å². The van der Waals surface area contributed by atoms with Crippen molar-refractivity contribution in [3.63, 3.8) is 0 Å². The van der Waals surface area contributed by atoms with Gasteiger partial charge in [-0.1, -0.05) is 19.3 Å². The van der Waals surface area contributed by atoms with Gasteiger partial charge in [0.25, 0.3) is 0 Å². The van der Waals surface area contributed by atoms with Gasteiger partial charge in [0.1, 0.15) is 6.61 Å². The second kappa shape index (κ2) is 6.84. The highest BCUT2D eigenvalue weighted by molar-refractivity contribution is 5.67. The summed E-state index contributed by atoms with van der Waals surface area (Å²) in [6.45, 7) is 6.71. The SMILES string of the molecule is CC(C)(C)OCCOC(=O)NC1CCCCC1. The van der Waals surface area contributed by atoms with Crippen LogP contribution in [0.15, 0.2) is 0 Å². The quantitative estimate of drug-likeness (QED) is 0.772. The number of nitrogens with one attached hydrogen (secondary N) is 1. The molecule has 0 saturated heterocycles. The fourth-order valence-corrected chi connectivity index (χ4v) is 1.94. The summed E-state index contributed by atoms with van der Waals surface area (Å²) in [7, 11) is 0. The van der Waals surface area contributed by atoms with Gasteiger partial charge in [0.15, 0.2) is 0 Å². The third-order valence-corrected chi connectivity index (χ3v) is 2.78. The Balaban J connectivity index is 2.04. The Morgan fingerprint density at radius 1 is 1.18 bits per heavy atom. The lowest BCUT2D eigenvalue weighted by Crippen LogP contribution is -2.37. The minimum absolute atomic E-state index is 0.177. The zero-order chi connectivity index (χ0) is 12.7. The largest absolute Gasteiger partial charge is 0.447 e. The van der Waals surface area contributed by atoms with Crippen molar-refractivity contribution >= 4 is 6.09 Å². The molecule has 0 spiro atoms. The van der Waals surface area contributed by atoms with E-state index in [4.69, 9.17) is 9.47 Å². The number of alkyl carbamates (subject to hydrolysis) is 1. The number of rotatable bonds is 4. The zero-order valence-electron chi connectivity index (χ0n) is 11.3. The molecule has 1 amide bonds. The van der Waals surface area contributed by atoms with E-state index in [1.165, 1.54) is 19.3 Å². The van der Waals surface area contributed by atoms with Crippen molar-refractivity contribution < 1.29 is 14.3 Å². The molecule has 1 rings (SSSR count). The molecule has 0 aromatic rings. The van der Waals surface area contributed by atoms with Gasteiger partial charge >= 0.3 is 6.09 Å². The number of carbonyl (C=O) groups excluding carboxylic acids is 1. The van der Waals surface area contributed by atoms with Gasteiger partial charge in [-0.2, -0.15) is 0 Å². The van der Waals surface area contributed by atoms with E-state index in [2.05, 4.69) is 5.32 Å². The first-order valence-electron chi connectivity index (χ1n) is 6.54. The average molecular weight is 243 g/mol. The molecule has 1 fully saturated rings.